The van der Waals surface area contributed by atoms with E-state index in [0.717, 1.165) is 60.1 Å². The highest BCUT2D eigenvalue weighted by molar-refractivity contribution is 6.30. The molecule has 2 aromatic rings. The van der Waals surface area contributed by atoms with Crippen molar-refractivity contribution in [2.75, 3.05) is 24.5 Å². The molecule has 1 aromatic carbocycles. The molecule has 4 rings (SSSR count). The Hall–Kier alpha value is -2.14. The summed E-state index contributed by atoms with van der Waals surface area (Å²) in [4.78, 5) is 25.8. The molecule has 0 unspecified atom stereocenters. The van der Waals surface area contributed by atoms with E-state index in [-0.39, 0.29) is 11.3 Å². The number of hydrogen-bond acceptors (Lipinski definition) is 4. The number of nitrogens with zero attached hydrogens (tertiary/aromatic N) is 4. The average Bonchev–Trinajstić information content (AvgIpc) is 2.95. The molecule has 142 valence electrons. The number of hydrogen-bond donors (Lipinski definition) is 0. The van der Waals surface area contributed by atoms with E-state index in [1.54, 1.807) is 6.33 Å². The van der Waals surface area contributed by atoms with E-state index in [9.17, 15) is 4.79 Å². The van der Waals surface area contributed by atoms with Crippen LogP contribution in [-0.4, -0.2) is 40.4 Å². The maximum Gasteiger partial charge on any atom is 0.223 e. The zero-order valence-corrected chi connectivity index (χ0v) is 16.7. The fraction of sp³-hybridized carbons (Fsp3) is 0.476. The van der Waals surface area contributed by atoms with E-state index in [1.807, 2.05) is 36.1 Å². The lowest BCUT2D eigenvalue weighted by atomic mass is 9.77. The minimum atomic E-state index is 0.107. The number of rotatable bonds is 3. The van der Waals surface area contributed by atoms with Gasteiger partial charge in [-0.2, -0.15) is 0 Å². The summed E-state index contributed by atoms with van der Waals surface area (Å²) in [6, 6.07) is 7.78. The molecule has 0 aliphatic carbocycles. The highest BCUT2D eigenvalue weighted by Crippen LogP contribution is 2.42. The van der Waals surface area contributed by atoms with Crippen molar-refractivity contribution in [1.29, 1.82) is 0 Å². The molecule has 0 bridgehead atoms. The Labute approximate surface area is 165 Å². The van der Waals surface area contributed by atoms with Gasteiger partial charge in [-0.05, 0) is 44.4 Å². The Morgan fingerprint density at radius 1 is 1.11 bits per heavy atom. The van der Waals surface area contributed by atoms with Gasteiger partial charge in [0.15, 0.2) is 0 Å². The van der Waals surface area contributed by atoms with Crippen LogP contribution < -0.4 is 4.90 Å². The van der Waals surface area contributed by atoms with Crippen LogP contribution in [0.3, 0.4) is 0 Å². The molecule has 0 atom stereocenters. The highest BCUT2D eigenvalue weighted by Gasteiger charge is 2.45. The largest absolute Gasteiger partial charge is 0.356 e. The first-order valence-corrected chi connectivity index (χ1v) is 9.89. The molecule has 2 fully saturated rings. The van der Waals surface area contributed by atoms with E-state index in [4.69, 9.17) is 11.6 Å². The molecule has 1 spiro atoms. The Morgan fingerprint density at radius 2 is 1.81 bits per heavy atom. The molecule has 5 nitrogen and oxygen atoms in total. The van der Waals surface area contributed by atoms with Crippen molar-refractivity contribution in [2.24, 2.45) is 5.41 Å². The second-order valence-electron chi connectivity index (χ2n) is 7.95. The van der Waals surface area contributed by atoms with Gasteiger partial charge in [0, 0.05) is 54.3 Å². The van der Waals surface area contributed by atoms with Gasteiger partial charge in [0.05, 0.1) is 0 Å². The summed E-state index contributed by atoms with van der Waals surface area (Å²) in [5, 5.41) is 0.727. The van der Waals surface area contributed by atoms with Crippen LogP contribution in [0.25, 0.3) is 0 Å². The van der Waals surface area contributed by atoms with E-state index in [0.29, 0.717) is 13.0 Å². The number of piperidine rings is 1. The summed E-state index contributed by atoms with van der Waals surface area (Å²) in [5.41, 5.74) is 3.43. The van der Waals surface area contributed by atoms with E-state index < -0.39 is 0 Å². The van der Waals surface area contributed by atoms with Gasteiger partial charge in [0.25, 0.3) is 0 Å². The molecule has 0 radical (unpaired) electrons. The van der Waals surface area contributed by atoms with Gasteiger partial charge in [-0.3, -0.25) is 4.79 Å². The summed E-state index contributed by atoms with van der Waals surface area (Å²) in [7, 11) is 0. The van der Waals surface area contributed by atoms with Crippen molar-refractivity contribution in [1.82, 2.24) is 14.9 Å². The van der Waals surface area contributed by atoms with Gasteiger partial charge in [0.1, 0.15) is 12.1 Å². The summed E-state index contributed by atoms with van der Waals surface area (Å²) < 4.78 is 0. The Balaban J connectivity index is 1.42. The van der Waals surface area contributed by atoms with Crippen LogP contribution in [0, 0.1) is 19.3 Å². The average molecular weight is 385 g/mol. The number of amides is 1. The van der Waals surface area contributed by atoms with Gasteiger partial charge in [0.2, 0.25) is 5.91 Å². The van der Waals surface area contributed by atoms with E-state index >= 15 is 0 Å². The summed E-state index contributed by atoms with van der Waals surface area (Å²) in [6.07, 6.45) is 4.36. The van der Waals surface area contributed by atoms with Crippen molar-refractivity contribution in [3.63, 3.8) is 0 Å². The number of aromatic nitrogens is 2. The van der Waals surface area contributed by atoms with Crippen LogP contribution in [0.1, 0.15) is 36.1 Å². The molecular formula is C21H25ClN4O. The molecule has 1 amide bonds. The Morgan fingerprint density at radius 3 is 2.52 bits per heavy atom. The van der Waals surface area contributed by atoms with Crippen molar-refractivity contribution < 1.29 is 4.79 Å². The van der Waals surface area contributed by atoms with Crippen molar-refractivity contribution in [3.05, 3.63) is 52.4 Å². The predicted octanol–water partition coefficient (Wildman–Crippen LogP) is 3.77. The zero-order valence-electron chi connectivity index (χ0n) is 15.9. The first-order chi connectivity index (χ1) is 13.0. The quantitative estimate of drug-likeness (QED) is 0.808. The van der Waals surface area contributed by atoms with Gasteiger partial charge in [-0.25, -0.2) is 9.97 Å². The monoisotopic (exact) mass is 384 g/mol. The van der Waals surface area contributed by atoms with Gasteiger partial charge >= 0.3 is 0 Å². The number of halogens is 1. The van der Waals surface area contributed by atoms with Crippen LogP contribution >= 0.6 is 11.6 Å². The van der Waals surface area contributed by atoms with Gasteiger partial charge in [-0.15, -0.1) is 0 Å². The van der Waals surface area contributed by atoms with E-state index in [1.165, 1.54) is 0 Å². The van der Waals surface area contributed by atoms with Crippen molar-refractivity contribution >= 4 is 23.3 Å². The van der Waals surface area contributed by atoms with Crippen LogP contribution in [0.4, 0.5) is 5.82 Å². The SMILES string of the molecule is Cc1ncnc(N2CCC3(CC2)CC(=O)N(Cc2ccc(Cl)cc2)C3)c1C. The first-order valence-electron chi connectivity index (χ1n) is 9.51. The molecule has 2 saturated heterocycles. The fourth-order valence-corrected chi connectivity index (χ4v) is 4.43. The molecular weight excluding hydrogens is 360 g/mol. The third kappa shape index (κ3) is 3.65. The summed E-state index contributed by atoms with van der Waals surface area (Å²) >= 11 is 5.96. The minimum absolute atomic E-state index is 0.107. The number of aryl methyl sites for hydroxylation is 1. The molecule has 27 heavy (non-hydrogen) atoms. The van der Waals surface area contributed by atoms with Crippen LogP contribution in [0.15, 0.2) is 30.6 Å². The number of anilines is 1. The van der Waals surface area contributed by atoms with Crippen molar-refractivity contribution in [3.8, 4) is 0 Å². The smallest absolute Gasteiger partial charge is 0.223 e. The third-order valence-electron chi connectivity index (χ3n) is 6.13. The molecule has 3 heterocycles. The molecule has 6 heteroatoms. The Kier molecular flexibility index (Phi) is 4.81. The highest BCUT2D eigenvalue weighted by atomic mass is 35.5. The Bertz CT molecular complexity index is 844. The summed E-state index contributed by atoms with van der Waals surface area (Å²) in [5.74, 6) is 1.31. The zero-order chi connectivity index (χ0) is 19.0. The molecule has 0 N–H and O–H groups in total. The second-order valence-corrected chi connectivity index (χ2v) is 8.38. The normalized spacial score (nSPS) is 19.1. The summed E-state index contributed by atoms with van der Waals surface area (Å²) in [6.45, 7) is 7.52. The predicted molar refractivity (Wildman–Crippen MR) is 107 cm³/mol. The molecule has 2 aliphatic heterocycles. The lowest BCUT2D eigenvalue weighted by Gasteiger charge is -2.39. The lowest BCUT2D eigenvalue weighted by Crippen LogP contribution is -2.42. The minimum Gasteiger partial charge on any atom is -0.356 e. The molecule has 2 aliphatic rings. The van der Waals surface area contributed by atoms with Crippen molar-refractivity contribution in [2.45, 2.75) is 39.7 Å². The number of likely N-dealkylation sites (tertiary alicyclic amines) is 1. The van der Waals surface area contributed by atoms with Crippen LogP contribution in [0.5, 0.6) is 0 Å². The van der Waals surface area contributed by atoms with Gasteiger partial charge < -0.3 is 9.80 Å². The first kappa shape index (κ1) is 18.2. The fourth-order valence-electron chi connectivity index (χ4n) is 4.31. The number of benzene rings is 1. The molecule has 1 aromatic heterocycles. The maximum absolute atomic E-state index is 12.6. The van der Waals surface area contributed by atoms with Crippen LogP contribution in [-0.2, 0) is 11.3 Å². The maximum atomic E-state index is 12.6. The standard InChI is InChI=1S/C21H25ClN4O/c1-15-16(2)23-14-24-20(15)25-9-7-21(8-10-25)11-19(27)26(13-21)12-17-3-5-18(22)6-4-17/h3-6,14H,7-13H2,1-2H3. The van der Waals surface area contributed by atoms with Gasteiger partial charge in [-0.1, -0.05) is 23.7 Å². The second kappa shape index (κ2) is 7.12. The number of carbonyl (C=O) groups excluding carboxylic acids is 1. The topological polar surface area (TPSA) is 49.3 Å². The lowest BCUT2D eigenvalue weighted by molar-refractivity contribution is -0.128. The van der Waals surface area contributed by atoms with Crippen LogP contribution in [0.2, 0.25) is 5.02 Å². The van der Waals surface area contributed by atoms with E-state index in [2.05, 4.69) is 21.8 Å². The third-order valence-corrected chi connectivity index (χ3v) is 6.38. The molecule has 0 saturated carbocycles. The number of carbonyl (C=O) groups is 1.